The quantitative estimate of drug-likeness (QED) is 0.908. The Balaban J connectivity index is 1.56. The summed E-state index contributed by atoms with van der Waals surface area (Å²) in [4.78, 5) is 2.42. The second-order valence-corrected chi connectivity index (χ2v) is 5.90. The van der Waals surface area contributed by atoms with Crippen LogP contribution in [0.3, 0.4) is 0 Å². The number of allylic oxidation sites excluding steroid dienone is 4. The second-order valence-electron chi connectivity index (χ2n) is 5.90. The van der Waals surface area contributed by atoms with Crippen LogP contribution in [0.5, 0.6) is 0 Å². The summed E-state index contributed by atoms with van der Waals surface area (Å²) in [6.07, 6.45) is 6.03. The lowest BCUT2D eigenvalue weighted by Crippen LogP contribution is -2.38. The van der Waals surface area contributed by atoms with Gasteiger partial charge < -0.3 is 10.1 Å². The molecule has 2 aliphatic rings. The average Bonchev–Trinajstić information content (AvgIpc) is 2.63. The van der Waals surface area contributed by atoms with Gasteiger partial charge in [-0.1, -0.05) is 24.3 Å². The molecule has 0 saturated carbocycles. The third-order valence-corrected chi connectivity index (χ3v) is 4.36. The maximum absolute atomic E-state index is 9.25. The van der Waals surface area contributed by atoms with Gasteiger partial charge in [0.2, 0.25) is 0 Å². The number of ether oxygens (including phenoxy) is 1. The van der Waals surface area contributed by atoms with Gasteiger partial charge in [0.25, 0.3) is 0 Å². The van der Waals surface area contributed by atoms with Crippen LogP contribution in [0, 0.1) is 11.3 Å². The summed E-state index contributed by atoms with van der Waals surface area (Å²) < 4.78 is 5.36. The van der Waals surface area contributed by atoms with Gasteiger partial charge in [0, 0.05) is 37.4 Å². The molecule has 1 aromatic carbocycles. The zero-order valence-electron chi connectivity index (χ0n) is 13.4. The predicted molar refractivity (Wildman–Crippen MR) is 93.1 cm³/mol. The molecule has 0 atom stereocenters. The summed E-state index contributed by atoms with van der Waals surface area (Å²) in [6, 6.07) is 10.7. The Hall–Kier alpha value is -2.09. The van der Waals surface area contributed by atoms with E-state index in [1.165, 1.54) is 0 Å². The van der Waals surface area contributed by atoms with Gasteiger partial charge in [-0.2, -0.15) is 5.26 Å². The third-order valence-electron chi connectivity index (χ3n) is 4.36. The molecule has 1 aliphatic carbocycles. The normalized spacial score (nSPS) is 18.7. The summed E-state index contributed by atoms with van der Waals surface area (Å²) in [5.41, 5.74) is 4.20. The number of rotatable bonds is 5. The van der Waals surface area contributed by atoms with Crippen molar-refractivity contribution in [1.82, 2.24) is 4.90 Å². The molecule has 1 aromatic rings. The van der Waals surface area contributed by atoms with Gasteiger partial charge in [0.15, 0.2) is 0 Å². The topological polar surface area (TPSA) is 48.3 Å². The van der Waals surface area contributed by atoms with Crippen LogP contribution in [0.15, 0.2) is 42.0 Å². The van der Waals surface area contributed by atoms with Gasteiger partial charge in [0.05, 0.1) is 19.3 Å². The van der Waals surface area contributed by atoms with E-state index in [0.717, 1.165) is 74.6 Å². The fourth-order valence-corrected chi connectivity index (χ4v) is 3.00. The van der Waals surface area contributed by atoms with Crippen LogP contribution < -0.4 is 5.32 Å². The molecule has 120 valence electrons. The van der Waals surface area contributed by atoms with E-state index in [4.69, 9.17) is 4.74 Å². The summed E-state index contributed by atoms with van der Waals surface area (Å²) in [7, 11) is 0. The highest BCUT2D eigenvalue weighted by atomic mass is 16.5. The Morgan fingerprint density at radius 2 is 1.96 bits per heavy atom. The van der Waals surface area contributed by atoms with E-state index in [0.29, 0.717) is 0 Å². The molecular weight excluding hydrogens is 286 g/mol. The third kappa shape index (κ3) is 4.22. The van der Waals surface area contributed by atoms with Crippen LogP contribution in [0.4, 0.5) is 5.69 Å². The van der Waals surface area contributed by atoms with Gasteiger partial charge in [-0.05, 0) is 36.1 Å². The lowest BCUT2D eigenvalue weighted by Gasteiger charge is -2.26. The molecule has 4 nitrogen and oxygen atoms in total. The van der Waals surface area contributed by atoms with Crippen LogP contribution in [-0.2, 0) is 4.74 Å². The molecule has 3 rings (SSSR count). The van der Waals surface area contributed by atoms with Crippen molar-refractivity contribution in [2.24, 2.45) is 0 Å². The number of nitrogens with one attached hydrogen (secondary N) is 1. The number of benzene rings is 1. The molecule has 1 N–H and O–H groups in total. The fourth-order valence-electron chi connectivity index (χ4n) is 3.00. The summed E-state index contributed by atoms with van der Waals surface area (Å²) in [5.74, 6) is 0. The lowest BCUT2D eigenvalue weighted by atomic mass is 9.93. The van der Waals surface area contributed by atoms with E-state index < -0.39 is 0 Å². The number of morpholine rings is 1. The Bertz CT molecular complexity index is 619. The first-order valence-corrected chi connectivity index (χ1v) is 8.31. The molecule has 1 heterocycles. The van der Waals surface area contributed by atoms with Crippen LogP contribution in [-0.4, -0.2) is 44.3 Å². The highest BCUT2D eigenvalue weighted by Gasteiger charge is 2.11. The number of nitriles is 1. The molecular formula is C19H23N3O. The number of hydrogen-bond acceptors (Lipinski definition) is 4. The zero-order chi connectivity index (χ0) is 15.9. The highest BCUT2D eigenvalue weighted by Crippen LogP contribution is 2.27. The molecule has 0 radical (unpaired) electrons. The monoisotopic (exact) mass is 309 g/mol. The van der Waals surface area contributed by atoms with E-state index in [9.17, 15) is 5.26 Å². The number of anilines is 1. The van der Waals surface area contributed by atoms with E-state index in [1.807, 2.05) is 0 Å². The Labute approximate surface area is 138 Å². The first kappa shape index (κ1) is 15.8. The predicted octanol–water partition coefficient (Wildman–Crippen LogP) is 3.06. The number of hydrogen-bond donors (Lipinski definition) is 1. The van der Waals surface area contributed by atoms with Crippen molar-refractivity contribution in [3.05, 3.63) is 47.6 Å². The molecule has 1 saturated heterocycles. The van der Waals surface area contributed by atoms with E-state index in [1.54, 1.807) is 0 Å². The van der Waals surface area contributed by atoms with E-state index in [2.05, 4.69) is 52.7 Å². The molecule has 4 heteroatoms. The van der Waals surface area contributed by atoms with Crippen molar-refractivity contribution in [2.75, 3.05) is 44.7 Å². The van der Waals surface area contributed by atoms with Gasteiger partial charge in [-0.25, -0.2) is 0 Å². The van der Waals surface area contributed by atoms with Gasteiger partial charge in [0.1, 0.15) is 0 Å². The second kappa shape index (κ2) is 7.96. The minimum Gasteiger partial charge on any atom is -0.384 e. The summed E-state index contributed by atoms with van der Waals surface area (Å²) >= 11 is 0. The maximum Gasteiger partial charge on any atom is 0.0953 e. The molecule has 1 aliphatic heterocycles. The zero-order valence-corrected chi connectivity index (χ0v) is 13.4. The van der Waals surface area contributed by atoms with Crippen molar-refractivity contribution in [1.29, 1.82) is 5.26 Å². The molecule has 0 amide bonds. The van der Waals surface area contributed by atoms with Gasteiger partial charge >= 0.3 is 0 Å². The first-order chi connectivity index (χ1) is 11.4. The fraction of sp³-hybridized carbons (Fsp3) is 0.421. The maximum atomic E-state index is 9.25. The molecule has 23 heavy (non-hydrogen) atoms. The van der Waals surface area contributed by atoms with Crippen molar-refractivity contribution >= 4 is 11.3 Å². The van der Waals surface area contributed by atoms with Crippen LogP contribution in [0.25, 0.3) is 5.57 Å². The molecule has 0 aromatic heterocycles. The van der Waals surface area contributed by atoms with E-state index in [-0.39, 0.29) is 0 Å². The van der Waals surface area contributed by atoms with Crippen molar-refractivity contribution in [3.63, 3.8) is 0 Å². The standard InChI is InChI=1S/C19H23N3O/c20-15-17-3-1-2-4-19(17)16-5-7-18(8-6-16)21-9-10-22-11-13-23-14-12-22/h2,4-8,21H,1,3,9-14H2. The smallest absolute Gasteiger partial charge is 0.0953 e. The first-order valence-electron chi connectivity index (χ1n) is 8.31. The number of nitrogens with zero attached hydrogens (tertiary/aromatic N) is 2. The van der Waals surface area contributed by atoms with Crippen molar-refractivity contribution in [2.45, 2.75) is 12.8 Å². The van der Waals surface area contributed by atoms with Gasteiger partial charge in [-0.3, -0.25) is 4.90 Å². The van der Waals surface area contributed by atoms with Gasteiger partial charge in [-0.15, -0.1) is 0 Å². The lowest BCUT2D eigenvalue weighted by molar-refractivity contribution is 0.0398. The SMILES string of the molecule is N#CC1=C(c2ccc(NCCN3CCOCC3)cc2)C=CCC1. The Morgan fingerprint density at radius 1 is 1.17 bits per heavy atom. The molecule has 0 bridgehead atoms. The van der Waals surface area contributed by atoms with Crippen LogP contribution >= 0.6 is 0 Å². The Kier molecular flexibility index (Phi) is 5.46. The van der Waals surface area contributed by atoms with Crippen LogP contribution in [0.1, 0.15) is 18.4 Å². The van der Waals surface area contributed by atoms with E-state index >= 15 is 0 Å². The minimum absolute atomic E-state index is 0.846. The minimum atomic E-state index is 0.846. The summed E-state index contributed by atoms with van der Waals surface area (Å²) in [6.45, 7) is 5.72. The highest BCUT2D eigenvalue weighted by molar-refractivity contribution is 5.80. The Morgan fingerprint density at radius 3 is 2.70 bits per heavy atom. The van der Waals surface area contributed by atoms with Crippen LogP contribution in [0.2, 0.25) is 0 Å². The average molecular weight is 309 g/mol. The largest absolute Gasteiger partial charge is 0.384 e. The molecule has 1 fully saturated rings. The van der Waals surface area contributed by atoms with Crippen molar-refractivity contribution in [3.8, 4) is 6.07 Å². The van der Waals surface area contributed by atoms with Crippen molar-refractivity contribution < 1.29 is 4.74 Å². The summed E-state index contributed by atoms with van der Waals surface area (Å²) in [5, 5.41) is 12.7. The molecule has 0 unspecified atom stereocenters. The molecule has 0 spiro atoms.